The highest BCUT2D eigenvalue weighted by atomic mass is 79.9. The zero-order valence-corrected chi connectivity index (χ0v) is 12.8. The van der Waals surface area contributed by atoms with Crippen LogP contribution in [0.25, 0.3) is 0 Å². The first-order valence-electron chi connectivity index (χ1n) is 6.32. The number of amides is 1. The van der Waals surface area contributed by atoms with Crippen LogP contribution in [0.4, 0.5) is 0 Å². The Kier molecular flexibility index (Phi) is 4.68. The second kappa shape index (κ2) is 6.07. The van der Waals surface area contributed by atoms with E-state index < -0.39 is 0 Å². The molecule has 1 saturated heterocycles. The average Bonchev–Trinajstić information content (AvgIpc) is 2.56. The average molecular weight is 331 g/mol. The van der Waals surface area contributed by atoms with Crippen molar-refractivity contribution in [3.63, 3.8) is 0 Å². The van der Waals surface area contributed by atoms with E-state index in [4.69, 9.17) is 11.6 Å². The molecule has 4 heteroatoms. The number of benzene rings is 1. The Morgan fingerprint density at radius 3 is 2.94 bits per heavy atom. The first-order chi connectivity index (χ1) is 8.58. The Labute approximate surface area is 121 Å². The molecule has 0 spiro atoms. The molecule has 1 aliphatic rings. The monoisotopic (exact) mass is 329 g/mol. The lowest BCUT2D eigenvalue weighted by atomic mass is 10.0. The van der Waals surface area contributed by atoms with Crippen LogP contribution in [0.2, 0.25) is 5.02 Å². The lowest BCUT2D eigenvalue weighted by Crippen LogP contribution is -2.32. The summed E-state index contributed by atoms with van der Waals surface area (Å²) in [6.45, 7) is 3.93. The molecule has 1 amide bonds. The summed E-state index contributed by atoms with van der Waals surface area (Å²) < 4.78 is 0.887. The summed E-state index contributed by atoms with van der Waals surface area (Å²) in [7, 11) is 0. The van der Waals surface area contributed by atoms with Crippen LogP contribution in [-0.4, -0.2) is 23.9 Å². The number of likely N-dealkylation sites (tertiary alicyclic amines) is 1. The van der Waals surface area contributed by atoms with E-state index in [1.807, 2.05) is 11.0 Å². The fourth-order valence-electron chi connectivity index (χ4n) is 2.30. The maximum Gasteiger partial charge on any atom is 0.255 e. The van der Waals surface area contributed by atoms with Crippen molar-refractivity contribution in [3.8, 4) is 0 Å². The van der Waals surface area contributed by atoms with Crippen LogP contribution in [0.3, 0.4) is 0 Å². The second-order valence-corrected chi connectivity index (χ2v) is 6.28. The Balaban J connectivity index is 2.17. The Morgan fingerprint density at radius 1 is 1.39 bits per heavy atom. The third-order valence-electron chi connectivity index (χ3n) is 3.46. The lowest BCUT2D eigenvalue weighted by Gasteiger charge is -2.21. The molecule has 1 aromatic carbocycles. The molecule has 18 heavy (non-hydrogen) atoms. The van der Waals surface area contributed by atoms with E-state index in [1.165, 1.54) is 6.42 Å². The van der Waals surface area contributed by atoms with Crippen molar-refractivity contribution in [2.24, 2.45) is 5.92 Å². The number of nitrogens with zero attached hydrogens (tertiary/aromatic N) is 1. The fraction of sp³-hybridized carbons (Fsp3) is 0.500. The molecule has 0 aromatic heterocycles. The van der Waals surface area contributed by atoms with Crippen LogP contribution in [0.15, 0.2) is 22.7 Å². The SMILES string of the molecule is CC1CCCN(C(=O)c2cc(Br)ccc2Cl)CC1. The number of halogens is 2. The smallest absolute Gasteiger partial charge is 0.255 e. The minimum Gasteiger partial charge on any atom is -0.339 e. The van der Waals surface area contributed by atoms with Crippen LogP contribution >= 0.6 is 27.5 Å². The summed E-state index contributed by atoms with van der Waals surface area (Å²) >= 11 is 9.50. The van der Waals surface area contributed by atoms with Gasteiger partial charge in [-0.05, 0) is 43.4 Å². The van der Waals surface area contributed by atoms with Gasteiger partial charge in [-0.15, -0.1) is 0 Å². The number of carbonyl (C=O) groups excluding carboxylic acids is 1. The van der Waals surface area contributed by atoms with Crippen molar-refractivity contribution in [1.82, 2.24) is 4.90 Å². The van der Waals surface area contributed by atoms with E-state index in [1.54, 1.807) is 12.1 Å². The maximum atomic E-state index is 12.5. The van der Waals surface area contributed by atoms with Crippen molar-refractivity contribution in [2.75, 3.05) is 13.1 Å². The van der Waals surface area contributed by atoms with E-state index in [9.17, 15) is 4.79 Å². The molecular weight excluding hydrogens is 314 g/mol. The van der Waals surface area contributed by atoms with Gasteiger partial charge in [-0.3, -0.25) is 4.79 Å². The molecule has 0 aliphatic carbocycles. The fourth-order valence-corrected chi connectivity index (χ4v) is 2.86. The molecule has 1 aromatic rings. The summed E-state index contributed by atoms with van der Waals surface area (Å²) in [5, 5.41) is 0.528. The predicted octanol–water partition coefficient (Wildman–Crippen LogP) is 4.36. The first-order valence-corrected chi connectivity index (χ1v) is 7.49. The maximum absolute atomic E-state index is 12.5. The molecule has 1 aliphatic heterocycles. The van der Waals surface area contributed by atoms with Crippen molar-refractivity contribution in [2.45, 2.75) is 26.2 Å². The molecule has 2 nitrogen and oxygen atoms in total. The largest absolute Gasteiger partial charge is 0.339 e. The first kappa shape index (κ1) is 13.9. The minimum absolute atomic E-state index is 0.0513. The van der Waals surface area contributed by atoms with Gasteiger partial charge >= 0.3 is 0 Å². The molecule has 1 unspecified atom stereocenters. The van der Waals surface area contributed by atoms with Crippen molar-refractivity contribution in [1.29, 1.82) is 0 Å². The normalized spacial score (nSPS) is 20.6. The Morgan fingerprint density at radius 2 is 2.17 bits per heavy atom. The number of hydrogen-bond donors (Lipinski definition) is 0. The summed E-state index contributed by atoms with van der Waals surface area (Å²) in [5.74, 6) is 0.760. The van der Waals surface area contributed by atoms with Gasteiger partial charge in [-0.2, -0.15) is 0 Å². The van der Waals surface area contributed by atoms with Gasteiger partial charge in [0.05, 0.1) is 10.6 Å². The van der Waals surface area contributed by atoms with Crippen LogP contribution < -0.4 is 0 Å². The van der Waals surface area contributed by atoms with Gasteiger partial charge in [-0.25, -0.2) is 0 Å². The summed E-state index contributed by atoms with van der Waals surface area (Å²) in [6.07, 6.45) is 3.37. The molecule has 0 bridgehead atoms. The highest BCUT2D eigenvalue weighted by Gasteiger charge is 2.21. The highest BCUT2D eigenvalue weighted by Crippen LogP contribution is 2.24. The van der Waals surface area contributed by atoms with E-state index in [2.05, 4.69) is 22.9 Å². The zero-order chi connectivity index (χ0) is 13.1. The second-order valence-electron chi connectivity index (χ2n) is 4.95. The van der Waals surface area contributed by atoms with Crippen molar-refractivity contribution < 1.29 is 4.79 Å². The van der Waals surface area contributed by atoms with E-state index in [0.717, 1.165) is 30.4 Å². The molecule has 0 saturated carbocycles. The van der Waals surface area contributed by atoms with Crippen molar-refractivity contribution in [3.05, 3.63) is 33.3 Å². The molecule has 0 radical (unpaired) electrons. The number of rotatable bonds is 1. The van der Waals surface area contributed by atoms with Gasteiger partial charge in [0.25, 0.3) is 5.91 Å². The van der Waals surface area contributed by atoms with Gasteiger partial charge in [0, 0.05) is 17.6 Å². The van der Waals surface area contributed by atoms with Crippen molar-refractivity contribution >= 4 is 33.4 Å². The van der Waals surface area contributed by atoms with Crippen LogP contribution in [-0.2, 0) is 0 Å². The van der Waals surface area contributed by atoms with Gasteiger partial charge in [0.2, 0.25) is 0 Å². The van der Waals surface area contributed by atoms with Gasteiger partial charge in [0.1, 0.15) is 0 Å². The summed E-state index contributed by atoms with van der Waals surface area (Å²) in [5.41, 5.74) is 0.598. The minimum atomic E-state index is 0.0513. The molecule has 98 valence electrons. The third-order valence-corrected chi connectivity index (χ3v) is 4.29. The predicted molar refractivity (Wildman–Crippen MR) is 78.1 cm³/mol. The van der Waals surface area contributed by atoms with E-state index in [0.29, 0.717) is 16.5 Å². The van der Waals surface area contributed by atoms with E-state index in [-0.39, 0.29) is 5.91 Å². The number of hydrogen-bond acceptors (Lipinski definition) is 1. The Hall–Kier alpha value is -0.540. The molecule has 0 N–H and O–H groups in total. The summed E-state index contributed by atoms with van der Waals surface area (Å²) in [4.78, 5) is 14.4. The topological polar surface area (TPSA) is 20.3 Å². The number of carbonyl (C=O) groups is 1. The van der Waals surface area contributed by atoms with Gasteiger partial charge in [-0.1, -0.05) is 34.5 Å². The zero-order valence-electron chi connectivity index (χ0n) is 10.5. The summed E-state index contributed by atoms with van der Waals surface area (Å²) in [6, 6.07) is 5.42. The van der Waals surface area contributed by atoms with Crippen LogP contribution in [0.1, 0.15) is 36.5 Å². The molecule has 2 rings (SSSR count). The lowest BCUT2D eigenvalue weighted by molar-refractivity contribution is 0.0760. The Bertz CT molecular complexity index is 449. The molecule has 1 fully saturated rings. The van der Waals surface area contributed by atoms with Crippen LogP contribution in [0.5, 0.6) is 0 Å². The van der Waals surface area contributed by atoms with Gasteiger partial charge < -0.3 is 4.90 Å². The molecular formula is C14H17BrClNO. The highest BCUT2D eigenvalue weighted by molar-refractivity contribution is 9.10. The van der Waals surface area contributed by atoms with Gasteiger partial charge in [0.15, 0.2) is 0 Å². The molecule has 1 heterocycles. The third kappa shape index (κ3) is 3.27. The van der Waals surface area contributed by atoms with E-state index >= 15 is 0 Å². The molecule has 1 atom stereocenters. The standard InChI is InChI=1S/C14H17BrClNO/c1-10-3-2-7-17(8-6-10)14(18)12-9-11(15)4-5-13(12)16/h4-5,9-10H,2-3,6-8H2,1H3. The quantitative estimate of drug-likeness (QED) is 0.749. The van der Waals surface area contributed by atoms with Crippen LogP contribution in [0, 0.1) is 5.92 Å².